The third kappa shape index (κ3) is 4.47. The van der Waals surface area contributed by atoms with Gasteiger partial charge in [0, 0.05) is 18.4 Å². The number of hydrogen-bond acceptors (Lipinski definition) is 3. The Morgan fingerprint density at radius 1 is 1.10 bits per heavy atom. The molecule has 3 aromatic rings. The van der Waals surface area contributed by atoms with Crippen molar-refractivity contribution in [3.05, 3.63) is 65.2 Å². The van der Waals surface area contributed by atoms with E-state index >= 15 is 0 Å². The monoisotopic (exact) mass is 392 g/mol. The van der Waals surface area contributed by atoms with Crippen molar-refractivity contribution in [2.24, 2.45) is 5.92 Å². The Balaban J connectivity index is 1.92. The quantitative estimate of drug-likeness (QED) is 0.632. The summed E-state index contributed by atoms with van der Waals surface area (Å²) < 4.78 is 1.66. The first-order valence-corrected chi connectivity index (χ1v) is 10.1. The van der Waals surface area contributed by atoms with Gasteiger partial charge in [0.1, 0.15) is 0 Å². The molecule has 0 radical (unpaired) electrons. The van der Waals surface area contributed by atoms with E-state index < -0.39 is 0 Å². The zero-order valence-electron chi connectivity index (χ0n) is 17.5. The lowest BCUT2D eigenvalue weighted by atomic mass is 10.1. The molecule has 0 unspecified atom stereocenters. The summed E-state index contributed by atoms with van der Waals surface area (Å²) in [6.45, 7) is 8.80. The number of nitrogens with one attached hydrogen (secondary N) is 2. The van der Waals surface area contributed by atoms with Gasteiger partial charge in [-0.15, -0.1) is 0 Å². The molecule has 0 spiro atoms. The summed E-state index contributed by atoms with van der Waals surface area (Å²) in [5.41, 5.74) is 3.71. The van der Waals surface area contributed by atoms with E-state index in [0.717, 1.165) is 29.7 Å². The third-order valence-corrected chi connectivity index (χ3v) is 4.95. The van der Waals surface area contributed by atoms with Crippen LogP contribution >= 0.6 is 0 Å². The summed E-state index contributed by atoms with van der Waals surface area (Å²) >= 11 is 0. The maximum atomic E-state index is 13.1. The number of para-hydroxylation sites is 1. The fourth-order valence-electron chi connectivity index (χ4n) is 3.29. The fourth-order valence-corrected chi connectivity index (χ4v) is 3.29. The Bertz CT molecular complexity index is 1040. The molecule has 0 saturated carbocycles. The third-order valence-electron chi connectivity index (χ3n) is 4.95. The Hall–Kier alpha value is -3.15. The van der Waals surface area contributed by atoms with Crippen LogP contribution in [0, 0.1) is 12.8 Å². The normalized spacial score (nSPS) is 11.1. The summed E-state index contributed by atoms with van der Waals surface area (Å²) in [6, 6.07) is 11.4. The zero-order chi connectivity index (χ0) is 21.0. The molecule has 6 nitrogen and oxygen atoms in total. The molecular formula is C23H28N4O2. The number of aryl methyl sites for hydroxylation is 2. The number of fused-ring (bicyclic) bond motifs is 1. The van der Waals surface area contributed by atoms with Crippen LogP contribution in [-0.4, -0.2) is 27.7 Å². The molecule has 3 rings (SSSR count). The lowest BCUT2D eigenvalue weighted by molar-refractivity contribution is 0.0941. The van der Waals surface area contributed by atoms with Gasteiger partial charge in [-0.2, -0.15) is 0 Å². The maximum Gasteiger partial charge on any atom is 0.287 e. The molecule has 29 heavy (non-hydrogen) atoms. The number of carbonyl (C=O) groups is 2. The van der Waals surface area contributed by atoms with Gasteiger partial charge in [-0.05, 0) is 48.9 Å². The molecule has 0 aliphatic rings. The van der Waals surface area contributed by atoms with Crippen LogP contribution in [0.5, 0.6) is 0 Å². The van der Waals surface area contributed by atoms with Crippen molar-refractivity contribution >= 4 is 23.0 Å². The van der Waals surface area contributed by atoms with Crippen LogP contribution in [0.25, 0.3) is 5.52 Å². The maximum absolute atomic E-state index is 13.1. The van der Waals surface area contributed by atoms with E-state index in [9.17, 15) is 9.59 Å². The van der Waals surface area contributed by atoms with Gasteiger partial charge < -0.3 is 10.6 Å². The Labute approximate surface area is 171 Å². The SMILES string of the molecule is CCc1cccc(C)c1NC(=O)c1nc(C(=O)NCCC(C)C)n2ccccc12. The number of hydrogen-bond donors (Lipinski definition) is 2. The molecule has 0 saturated heterocycles. The minimum absolute atomic E-state index is 0.218. The van der Waals surface area contributed by atoms with Crippen LogP contribution in [0.4, 0.5) is 5.69 Å². The number of carbonyl (C=O) groups excluding carboxylic acids is 2. The molecular weight excluding hydrogens is 364 g/mol. The zero-order valence-corrected chi connectivity index (χ0v) is 17.5. The van der Waals surface area contributed by atoms with Crippen LogP contribution in [0.3, 0.4) is 0 Å². The Morgan fingerprint density at radius 3 is 2.62 bits per heavy atom. The second-order valence-corrected chi connectivity index (χ2v) is 7.60. The van der Waals surface area contributed by atoms with Gasteiger partial charge in [-0.25, -0.2) is 4.98 Å². The number of nitrogens with zero attached hydrogens (tertiary/aromatic N) is 2. The number of pyridine rings is 1. The number of rotatable bonds is 7. The number of aromatic nitrogens is 2. The average molecular weight is 393 g/mol. The number of anilines is 1. The van der Waals surface area contributed by atoms with Crippen LogP contribution in [0.1, 0.15) is 59.4 Å². The predicted octanol–water partition coefficient (Wildman–Crippen LogP) is 4.23. The largest absolute Gasteiger partial charge is 0.349 e. The minimum atomic E-state index is -0.320. The van der Waals surface area contributed by atoms with E-state index in [-0.39, 0.29) is 23.3 Å². The summed E-state index contributed by atoms with van der Waals surface area (Å²) in [6.07, 6.45) is 3.45. The molecule has 0 aliphatic heterocycles. The van der Waals surface area contributed by atoms with E-state index in [1.165, 1.54) is 0 Å². The smallest absolute Gasteiger partial charge is 0.287 e. The molecule has 2 N–H and O–H groups in total. The Kier molecular flexibility index (Phi) is 6.32. The van der Waals surface area contributed by atoms with Gasteiger partial charge >= 0.3 is 0 Å². The number of imidazole rings is 1. The summed E-state index contributed by atoms with van der Waals surface area (Å²) in [7, 11) is 0. The highest BCUT2D eigenvalue weighted by molar-refractivity contribution is 6.09. The van der Waals surface area contributed by atoms with Crippen LogP contribution in [0.2, 0.25) is 0 Å². The van der Waals surface area contributed by atoms with Crippen molar-refractivity contribution in [2.45, 2.75) is 40.5 Å². The molecule has 0 aliphatic carbocycles. The highest BCUT2D eigenvalue weighted by atomic mass is 16.2. The van der Waals surface area contributed by atoms with Crippen molar-refractivity contribution in [3.63, 3.8) is 0 Å². The molecule has 2 amide bonds. The van der Waals surface area contributed by atoms with Crippen molar-refractivity contribution in [2.75, 3.05) is 11.9 Å². The standard InChI is InChI=1S/C23H28N4O2/c1-5-17-10-8-9-16(4)19(17)26-22(28)20-18-11-6-7-14-27(18)21(25-20)23(29)24-13-12-15(2)3/h6-11,14-15H,5,12-13H2,1-4H3,(H,24,29)(H,26,28). The first-order chi connectivity index (χ1) is 13.9. The fraction of sp³-hybridized carbons (Fsp3) is 0.348. The highest BCUT2D eigenvalue weighted by Gasteiger charge is 2.22. The lowest BCUT2D eigenvalue weighted by Crippen LogP contribution is -2.27. The average Bonchev–Trinajstić information content (AvgIpc) is 3.09. The van der Waals surface area contributed by atoms with Crippen molar-refractivity contribution in [1.82, 2.24) is 14.7 Å². The summed E-state index contributed by atoms with van der Waals surface area (Å²) in [5, 5.41) is 5.90. The first-order valence-electron chi connectivity index (χ1n) is 10.1. The van der Waals surface area contributed by atoms with Crippen molar-refractivity contribution in [1.29, 1.82) is 0 Å². The topological polar surface area (TPSA) is 75.5 Å². The molecule has 0 bridgehead atoms. The molecule has 0 fully saturated rings. The van der Waals surface area contributed by atoms with Gasteiger partial charge in [0.2, 0.25) is 5.82 Å². The van der Waals surface area contributed by atoms with E-state index in [0.29, 0.717) is 18.0 Å². The van der Waals surface area contributed by atoms with E-state index in [1.54, 1.807) is 16.7 Å². The highest BCUT2D eigenvalue weighted by Crippen LogP contribution is 2.23. The van der Waals surface area contributed by atoms with Crippen molar-refractivity contribution < 1.29 is 9.59 Å². The van der Waals surface area contributed by atoms with Gasteiger partial charge in [0.05, 0.1) is 5.52 Å². The van der Waals surface area contributed by atoms with Crippen molar-refractivity contribution in [3.8, 4) is 0 Å². The van der Waals surface area contributed by atoms with E-state index in [2.05, 4.69) is 36.4 Å². The molecule has 2 heterocycles. The first kappa shape index (κ1) is 20.6. The molecule has 1 aromatic carbocycles. The van der Waals surface area contributed by atoms with Gasteiger partial charge in [0.15, 0.2) is 5.69 Å². The van der Waals surface area contributed by atoms with Crippen LogP contribution in [-0.2, 0) is 6.42 Å². The van der Waals surface area contributed by atoms with Gasteiger partial charge in [-0.3, -0.25) is 14.0 Å². The van der Waals surface area contributed by atoms with E-state index in [4.69, 9.17) is 0 Å². The second kappa shape index (κ2) is 8.90. The van der Waals surface area contributed by atoms with Crippen LogP contribution < -0.4 is 10.6 Å². The molecule has 0 atom stereocenters. The lowest BCUT2D eigenvalue weighted by Gasteiger charge is -2.12. The van der Waals surface area contributed by atoms with Crippen LogP contribution in [0.15, 0.2) is 42.6 Å². The number of benzene rings is 1. The van der Waals surface area contributed by atoms with E-state index in [1.807, 2.05) is 37.3 Å². The molecule has 6 heteroatoms. The summed E-state index contributed by atoms with van der Waals surface area (Å²) in [4.78, 5) is 30.1. The number of amides is 2. The second-order valence-electron chi connectivity index (χ2n) is 7.60. The van der Waals surface area contributed by atoms with Gasteiger partial charge in [0.25, 0.3) is 11.8 Å². The predicted molar refractivity (Wildman–Crippen MR) is 115 cm³/mol. The summed E-state index contributed by atoms with van der Waals surface area (Å²) in [5.74, 6) is 0.112. The van der Waals surface area contributed by atoms with Gasteiger partial charge in [-0.1, -0.05) is 45.0 Å². The Morgan fingerprint density at radius 2 is 1.90 bits per heavy atom. The molecule has 2 aromatic heterocycles. The molecule has 152 valence electrons. The minimum Gasteiger partial charge on any atom is -0.349 e.